The van der Waals surface area contributed by atoms with Crippen molar-refractivity contribution in [1.82, 2.24) is 10.3 Å². The summed E-state index contributed by atoms with van der Waals surface area (Å²) in [5.74, 6) is -0.630. The third kappa shape index (κ3) is 3.76. The number of benzene rings is 2. The molecule has 0 aliphatic heterocycles. The molecule has 0 fully saturated rings. The van der Waals surface area contributed by atoms with Crippen molar-refractivity contribution in [3.8, 4) is 0 Å². The third-order valence-electron chi connectivity index (χ3n) is 4.20. The van der Waals surface area contributed by atoms with Crippen molar-refractivity contribution < 1.29 is 17.6 Å². The monoisotopic (exact) mass is 375 g/mol. The van der Waals surface area contributed by atoms with Crippen molar-refractivity contribution in [2.24, 2.45) is 5.14 Å². The van der Waals surface area contributed by atoms with E-state index in [1.165, 1.54) is 24.3 Å². The van der Waals surface area contributed by atoms with Crippen LogP contribution in [0, 0.1) is 12.7 Å². The minimum absolute atomic E-state index is 0.0474. The van der Waals surface area contributed by atoms with Crippen molar-refractivity contribution in [1.29, 1.82) is 0 Å². The molecule has 0 radical (unpaired) electrons. The van der Waals surface area contributed by atoms with Crippen LogP contribution in [-0.4, -0.2) is 25.9 Å². The smallest absolute Gasteiger partial charge is 0.268 e. The number of aryl methyl sites for hydroxylation is 1. The molecule has 4 N–H and O–H groups in total. The minimum atomic E-state index is -3.71. The van der Waals surface area contributed by atoms with Gasteiger partial charge in [0.15, 0.2) is 0 Å². The van der Waals surface area contributed by atoms with Gasteiger partial charge in [-0.15, -0.1) is 0 Å². The van der Waals surface area contributed by atoms with E-state index in [1.807, 2.05) is 0 Å². The van der Waals surface area contributed by atoms with Crippen LogP contribution >= 0.6 is 0 Å². The lowest BCUT2D eigenvalue weighted by molar-refractivity contribution is 0.0949. The maximum absolute atomic E-state index is 13.4. The van der Waals surface area contributed by atoms with Gasteiger partial charge in [0.2, 0.25) is 10.0 Å². The van der Waals surface area contributed by atoms with Gasteiger partial charge in [-0.2, -0.15) is 0 Å². The fourth-order valence-corrected chi connectivity index (χ4v) is 3.30. The molecule has 1 aromatic heterocycles. The van der Waals surface area contributed by atoms with Gasteiger partial charge in [-0.25, -0.2) is 17.9 Å². The van der Waals surface area contributed by atoms with Crippen LogP contribution in [0.5, 0.6) is 0 Å². The zero-order valence-electron chi connectivity index (χ0n) is 14.0. The molecule has 0 saturated carbocycles. The van der Waals surface area contributed by atoms with E-state index in [9.17, 15) is 17.6 Å². The summed E-state index contributed by atoms with van der Waals surface area (Å²) in [6, 6.07) is 10.5. The van der Waals surface area contributed by atoms with Gasteiger partial charge in [-0.3, -0.25) is 4.79 Å². The summed E-state index contributed by atoms with van der Waals surface area (Å²) < 4.78 is 35.8. The number of aromatic nitrogens is 1. The molecule has 1 amide bonds. The third-order valence-corrected chi connectivity index (χ3v) is 5.13. The first-order chi connectivity index (χ1) is 12.3. The number of rotatable bonds is 5. The number of amides is 1. The molecule has 0 aliphatic carbocycles. The highest BCUT2D eigenvalue weighted by Crippen LogP contribution is 2.22. The number of halogens is 1. The van der Waals surface area contributed by atoms with Gasteiger partial charge < -0.3 is 10.3 Å². The first-order valence-electron chi connectivity index (χ1n) is 7.93. The molecule has 0 aliphatic rings. The number of H-pyrrole nitrogens is 1. The summed E-state index contributed by atoms with van der Waals surface area (Å²) >= 11 is 0. The Morgan fingerprint density at radius 1 is 1.19 bits per heavy atom. The number of nitrogens with one attached hydrogen (secondary N) is 2. The first kappa shape index (κ1) is 18.1. The van der Waals surface area contributed by atoms with Crippen molar-refractivity contribution >= 4 is 26.8 Å². The zero-order chi connectivity index (χ0) is 18.9. The van der Waals surface area contributed by atoms with E-state index < -0.39 is 10.0 Å². The average Bonchev–Trinajstić information content (AvgIpc) is 2.91. The van der Waals surface area contributed by atoms with Gasteiger partial charge in [-0.05, 0) is 54.8 Å². The van der Waals surface area contributed by atoms with E-state index in [0.29, 0.717) is 35.1 Å². The number of sulfonamides is 1. The Kier molecular flexibility index (Phi) is 4.80. The molecule has 0 unspecified atom stereocenters. The minimum Gasteiger partial charge on any atom is -0.350 e. The second-order valence-electron chi connectivity index (χ2n) is 6.01. The fraction of sp³-hybridized carbons (Fsp3) is 0.167. The van der Waals surface area contributed by atoms with Crippen LogP contribution in [0.4, 0.5) is 4.39 Å². The van der Waals surface area contributed by atoms with Gasteiger partial charge in [0.1, 0.15) is 11.5 Å². The number of hydrogen-bond acceptors (Lipinski definition) is 3. The Morgan fingerprint density at radius 3 is 2.54 bits per heavy atom. The number of primary sulfonamides is 1. The van der Waals surface area contributed by atoms with Gasteiger partial charge in [0, 0.05) is 17.4 Å². The molecule has 0 bridgehead atoms. The Bertz CT molecular complexity index is 1070. The molecule has 3 rings (SSSR count). The maximum atomic E-state index is 13.4. The van der Waals surface area contributed by atoms with Gasteiger partial charge in [0.05, 0.1) is 4.90 Å². The summed E-state index contributed by atoms with van der Waals surface area (Å²) in [6.07, 6.45) is 0.532. The maximum Gasteiger partial charge on any atom is 0.268 e. The van der Waals surface area contributed by atoms with Crippen LogP contribution in [0.15, 0.2) is 47.4 Å². The summed E-state index contributed by atoms with van der Waals surface area (Å²) in [5, 5.41) is 8.53. The Morgan fingerprint density at radius 2 is 1.88 bits per heavy atom. The number of hydrogen-bond donors (Lipinski definition) is 3. The van der Waals surface area contributed by atoms with Crippen molar-refractivity contribution in [2.45, 2.75) is 18.2 Å². The molecule has 136 valence electrons. The molecule has 3 aromatic rings. The molecule has 26 heavy (non-hydrogen) atoms. The van der Waals surface area contributed by atoms with Gasteiger partial charge in [-0.1, -0.05) is 12.1 Å². The molecule has 2 aromatic carbocycles. The fourth-order valence-electron chi connectivity index (χ4n) is 2.78. The van der Waals surface area contributed by atoms with E-state index in [1.54, 1.807) is 25.1 Å². The molecule has 0 saturated heterocycles. The predicted molar refractivity (Wildman–Crippen MR) is 96.8 cm³/mol. The lowest BCUT2D eigenvalue weighted by Gasteiger charge is -2.06. The van der Waals surface area contributed by atoms with E-state index in [4.69, 9.17) is 5.14 Å². The topological polar surface area (TPSA) is 105 Å². The normalized spacial score (nSPS) is 11.7. The number of nitrogens with two attached hydrogens (primary N) is 1. The summed E-state index contributed by atoms with van der Waals surface area (Å²) in [6.45, 7) is 2.13. The van der Waals surface area contributed by atoms with Crippen molar-refractivity contribution in [2.75, 3.05) is 6.54 Å². The van der Waals surface area contributed by atoms with Crippen LogP contribution < -0.4 is 10.5 Å². The van der Waals surface area contributed by atoms with E-state index in [0.717, 1.165) is 5.56 Å². The highest BCUT2D eigenvalue weighted by atomic mass is 32.2. The largest absolute Gasteiger partial charge is 0.350 e. The number of carbonyl (C=O) groups excluding carboxylic acids is 1. The van der Waals surface area contributed by atoms with E-state index in [2.05, 4.69) is 10.3 Å². The van der Waals surface area contributed by atoms with Crippen molar-refractivity contribution in [3.05, 3.63) is 65.1 Å². The average molecular weight is 375 g/mol. The predicted octanol–water partition coefficient (Wildman–Crippen LogP) is 2.24. The second kappa shape index (κ2) is 6.89. The van der Waals surface area contributed by atoms with Crippen LogP contribution in [0.2, 0.25) is 0 Å². The Balaban J connectivity index is 1.65. The van der Waals surface area contributed by atoms with Crippen LogP contribution in [-0.2, 0) is 16.4 Å². The lowest BCUT2D eigenvalue weighted by Crippen LogP contribution is -2.26. The highest BCUT2D eigenvalue weighted by Gasteiger charge is 2.15. The number of fused-ring (bicyclic) bond motifs is 1. The summed E-state index contributed by atoms with van der Waals surface area (Å²) in [4.78, 5) is 15.4. The molecule has 8 heteroatoms. The highest BCUT2D eigenvalue weighted by molar-refractivity contribution is 7.89. The van der Waals surface area contributed by atoms with E-state index >= 15 is 0 Å². The van der Waals surface area contributed by atoms with Crippen LogP contribution in [0.25, 0.3) is 10.9 Å². The Hall–Kier alpha value is -2.71. The van der Waals surface area contributed by atoms with Gasteiger partial charge in [0.25, 0.3) is 5.91 Å². The zero-order valence-corrected chi connectivity index (χ0v) is 14.9. The SMILES string of the molecule is Cc1c(C(=O)NCCc2ccc(S(N)(=O)=O)cc2)[nH]c2ccc(F)cc12. The molecule has 1 heterocycles. The molecule has 6 nitrogen and oxygen atoms in total. The quantitative estimate of drug-likeness (QED) is 0.637. The number of aromatic amines is 1. The van der Waals surface area contributed by atoms with Crippen LogP contribution in [0.1, 0.15) is 21.6 Å². The summed E-state index contributed by atoms with van der Waals surface area (Å²) in [7, 11) is -3.71. The molecule has 0 spiro atoms. The van der Waals surface area contributed by atoms with Crippen molar-refractivity contribution in [3.63, 3.8) is 0 Å². The lowest BCUT2D eigenvalue weighted by atomic mass is 10.1. The number of carbonyl (C=O) groups is 1. The Labute approximate surface area is 150 Å². The molecular weight excluding hydrogens is 357 g/mol. The first-order valence-corrected chi connectivity index (χ1v) is 9.48. The molecule has 0 atom stereocenters. The van der Waals surface area contributed by atoms with Crippen LogP contribution in [0.3, 0.4) is 0 Å². The summed E-state index contributed by atoms with van der Waals surface area (Å²) in [5.41, 5.74) is 2.66. The second-order valence-corrected chi connectivity index (χ2v) is 7.57. The van der Waals surface area contributed by atoms with E-state index in [-0.39, 0.29) is 16.6 Å². The standard InChI is InChI=1S/C18H18FN3O3S/c1-11-15-10-13(19)4-7-16(15)22-17(11)18(23)21-9-8-12-2-5-14(6-3-12)26(20,24)25/h2-7,10,22H,8-9H2,1H3,(H,21,23)(H2,20,24,25). The molecular formula is C18H18FN3O3S. The van der Waals surface area contributed by atoms with Gasteiger partial charge >= 0.3 is 0 Å².